The number of carbonyl (C=O) groups excluding carboxylic acids is 1. The smallest absolute Gasteiger partial charge is 0.360 e. The highest BCUT2D eigenvalue weighted by atomic mass is 35.5. The van der Waals surface area contributed by atoms with Crippen LogP contribution >= 0.6 is 11.6 Å². The van der Waals surface area contributed by atoms with Gasteiger partial charge in [0.25, 0.3) is 5.88 Å². The Morgan fingerprint density at radius 2 is 1.89 bits per heavy atom. The Morgan fingerprint density at radius 3 is 2.61 bits per heavy atom. The number of aromatic nitrogens is 1. The van der Waals surface area contributed by atoms with E-state index < -0.39 is 5.97 Å². The summed E-state index contributed by atoms with van der Waals surface area (Å²) in [5.41, 5.74) is 2.12. The average molecular weight is 401 g/mol. The molecule has 0 aliphatic carbocycles. The number of halogens is 1. The highest BCUT2D eigenvalue weighted by molar-refractivity contribution is 6.43. The molecule has 7 nitrogen and oxygen atoms in total. The fourth-order valence-corrected chi connectivity index (χ4v) is 2.62. The highest BCUT2D eigenvalue weighted by Gasteiger charge is 2.19. The fourth-order valence-electron chi connectivity index (χ4n) is 2.49. The van der Waals surface area contributed by atoms with Gasteiger partial charge in [-0.05, 0) is 35.0 Å². The summed E-state index contributed by atoms with van der Waals surface area (Å²) in [6.45, 7) is 0.141. The van der Waals surface area contributed by atoms with Gasteiger partial charge in [0.05, 0.1) is 7.11 Å². The van der Waals surface area contributed by atoms with Crippen molar-refractivity contribution in [2.45, 2.75) is 6.61 Å². The van der Waals surface area contributed by atoms with Gasteiger partial charge < -0.3 is 18.8 Å². The number of nitrogens with zero attached hydrogens (tertiary/aromatic N) is 2. The van der Waals surface area contributed by atoms with Crippen molar-refractivity contribution in [2.24, 2.45) is 5.16 Å². The number of oxime groups is 1. The van der Waals surface area contributed by atoms with Crippen LogP contribution in [-0.4, -0.2) is 31.1 Å². The summed E-state index contributed by atoms with van der Waals surface area (Å²) < 4.78 is 15.8. The monoisotopic (exact) mass is 400 g/mol. The van der Waals surface area contributed by atoms with Crippen molar-refractivity contribution in [1.29, 1.82) is 0 Å². The minimum atomic E-state index is -0.610. The molecule has 0 unspecified atom stereocenters. The Kier molecular flexibility index (Phi) is 6.29. The maximum absolute atomic E-state index is 12.0. The van der Waals surface area contributed by atoms with Crippen LogP contribution in [-0.2, 0) is 21.0 Å². The topological polar surface area (TPSA) is 83.2 Å². The molecule has 1 aromatic heterocycles. The third-order valence-corrected chi connectivity index (χ3v) is 4.08. The average Bonchev–Trinajstić information content (AvgIpc) is 3.20. The van der Waals surface area contributed by atoms with Gasteiger partial charge in [-0.3, -0.25) is 0 Å². The second-order valence-corrected chi connectivity index (χ2v) is 6.03. The van der Waals surface area contributed by atoms with Gasteiger partial charge in [0, 0.05) is 22.2 Å². The van der Waals surface area contributed by atoms with Gasteiger partial charge in [0.2, 0.25) is 0 Å². The van der Waals surface area contributed by atoms with Gasteiger partial charge in [0.1, 0.15) is 13.7 Å². The second kappa shape index (κ2) is 9.05. The zero-order valence-electron chi connectivity index (χ0n) is 15.2. The quantitative estimate of drug-likeness (QED) is 0.337. The lowest BCUT2D eigenvalue weighted by molar-refractivity contribution is -0.132. The van der Waals surface area contributed by atoms with Gasteiger partial charge in [-0.1, -0.05) is 41.0 Å². The van der Waals surface area contributed by atoms with Crippen molar-refractivity contribution in [3.8, 4) is 17.2 Å². The minimum absolute atomic E-state index is 0.0474. The molecule has 28 heavy (non-hydrogen) atoms. The number of carbonyl (C=O) groups is 1. The summed E-state index contributed by atoms with van der Waals surface area (Å²) in [6.07, 6.45) is 0. The maximum atomic E-state index is 12.0. The van der Waals surface area contributed by atoms with E-state index in [0.717, 1.165) is 5.56 Å². The first-order valence-electron chi connectivity index (χ1n) is 8.25. The number of ether oxygens (including phenoxy) is 2. The van der Waals surface area contributed by atoms with Crippen LogP contribution in [0.25, 0.3) is 11.3 Å². The van der Waals surface area contributed by atoms with Crippen LogP contribution in [0, 0.1) is 0 Å². The summed E-state index contributed by atoms with van der Waals surface area (Å²) in [5.74, 6) is 0.250. The summed E-state index contributed by atoms with van der Waals surface area (Å²) in [6, 6.07) is 16.0. The predicted molar refractivity (Wildman–Crippen MR) is 103 cm³/mol. The van der Waals surface area contributed by atoms with Crippen molar-refractivity contribution in [3.05, 3.63) is 70.7 Å². The number of esters is 1. The molecule has 2 aromatic carbocycles. The van der Waals surface area contributed by atoms with E-state index in [1.54, 1.807) is 30.3 Å². The normalized spacial score (nSPS) is 11.2. The Morgan fingerprint density at radius 1 is 1.14 bits per heavy atom. The van der Waals surface area contributed by atoms with Crippen molar-refractivity contribution in [1.82, 2.24) is 5.16 Å². The van der Waals surface area contributed by atoms with Gasteiger partial charge in [-0.15, -0.1) is 0 Å². The summed E-state index contributed by atoms with van der Waals surface area (Å²) in [5, 5.41) is 8.32. The number of methoxy groups -OCH3 is 1. The van der Waals surface area contributed by atoms with Crippen molar-refractivity contribution in [3.63, 3.8) is 0 Å². The van der Waals surface area contributed by atoms with E-state index in [0.29, 0.717) is 27.8 Å². The molecule has 0 radical (unpaired) electrons. The van der Waals surface area contributed by atoms with E-state index >= 15 is 0 Å². The van der Waals surface area contributed by atoms with Crippen LogP contribution < -0.4 is 4.74 Å². The standard InChI is InChI=1S/C20H17ClN2O5/c1-25-20(24)19(23-26-2)16-6-4-3-5-14(16)12-27-18-11-17(28-22-18)13-7-9-15(21)10-8-13/h3-11H,12H2,1-2H3/b23-19+. The number of benzene rings is 2. The first-order valence-corrected chi connectivity index (χ1v) is 8.63. The molecule has 0 bridgehead atoms. The molecule has 3 aromatic rings. The lowest BCUT2D eigenvalue weighted by Crippen LogP contribution is -2.19. The van der Waals surface area contributed by atoms with Gasteiger partial charge >= 0.3 is 5.97 Å². The predicted octanol–water partition coefficient (Wildman–Crippen LogP) is 4.10. The Bertz CT molecular complexity index is 982. The molecule has 0 atom stereocenters. The van der Waals surface area contributed by atoms with Crippen molar-refractivity contribution < 1.29 is 23.6 Å². The van der Waals surface area contributed by atoms with Crippen LogP contribution in [0.2, 0.25) is 5.02 Å². The van der Waals surface area contributed by atoms with E-state index in [1.165, 1.54) is 14.2 Å². The lowest BCUT2D eigenvalue weighted by atomic mass is 10.0. The van der Waals surface area contributed by atoms with E-state index in [1.807, 2.05) is 24.3 Å². The number of hydrogen-bond donors (Lipinski definition) is 0. The van der Waals surface area contributed by atoms with E-state index in [4.69, 9.17) is 30.4 Å². The van der Waals surface area contributed by atoms with Gasteiger partial charge in [-0.2, -0.15) is 0 Å². The molecule has 0 aliphatic heterocycles. The third kappa shape index (κ3) is 4.50. The van der Waals surface area contributed by atoms with E-state index in [2.05, 4.69) is 10.3 Å². The largest absolute Gasteiger partial charge is 0.471 e. The molecular weight excluding hydrogens is 384 g/mol. The molecule has 0 fully saturated rings. The fraction of sp³-hybridized carbons (Fsp3) is 0.150. The lowest BCUT2D eigenvalue weighted by Gasteiger charge is -2.10. The summed E-state index contributed by atoms with van der Waals surface area (Å²) in [4.78, 5) is 16.8. The SMILES string of the molecule is CO/N=C(/C(=O)OC)c1ccccc1COc1cc(-c2ccc(Cl)cc2)on1. The zero-order valence-corrected chi connectivity index (χ0v) is 16.0. The Labute approximate surface area is 166 Å². The maximum Gasteiger partial charge on any atom is 0.360 e. The van der Waals surface area contributed by atoms with Gasteiger partial charge in [0.15, 0.2) is 11.5 Å². The van der Waals surface area contributed by atoms with Crippen LogP contribution in [0.4, 0.5) is 0 Å². The van der Waals surface area contributed by atoms with E-state index in [-0.39, 0.29) is 12.3 Å². The number of rotatable bonds is 7. The molecule has 0 saturated heterocycles. The molecule has 3 rings (SSSR count). The highest BCUT2D eigenvalue weighted by Crippen LogP contribution is 2.25. The first kappa shape index (κ1) is 19.4. The molecule has 0 spiro atoms. The van der Waals surface area contributed by atoms with Crippen molar-refractivity contribution >= 4 is 23.3 Å². The van der Waals surface area contributed by atoms with Crippen LogP contribution in [0.1, 0.15) is 11.1 Å². The molecule has 8 heteroatoms. The molecule has 0 aliphatic rings. The first-order chi connectivity index (χ1) is 13.6. The van der Waals surface area contributed by atoms with Crippen LogP contribution in [0.15, 0.2) is 64.3 Å². The Balaban J connectivity index is 1.78. The third-order valence-electron chi connectivity index (χ3n) is 3.83. The van der Waals surface area contributed by atoms with Crippen LogP contribution in [0.5, 0.6) is 5.88 Å². The zero-order chi connectivity index (χ0) is 19.9. The molecule has 0 amide bonds. The Hall–Kier alpha value is -3.32. The minimum Gasteiger partial charge on any atom is -0.471 e. The van der Waals surface area contributed by atoms with Crippen LogP contribution in [0.3, 0.4) is 0 Å². The van der Waals surface area contributed by atoms with Gasteiger partial charge in [-0.25, -0.2) is 4.79 Å². The second-order valence-electron chi connectivity index (χ2n) is 5.60. The molecular formula is C20H17ClN2O5. The summed E-state index contributed by atoms with van der Waals surface area (Å²) >= 11 is 5.89. The van der Waals surface area contributed by atoms with E-state index in [9.17, 15) is 4.79 Å². The molecule has 0 N–H and O–H groups in total. The molecule has 1 heterocycles. The van der Waals surface area contributed by atoms with Crippen molar-refractivity contribution in [2.75, 3.05) is 14.2 Å². The molecule has 0 saturated carbocycles. The molecule has 144 valence electrons. The summed E-state index contributed by atoms with van der Waals surface area (Å²) in [7, 11) is 2.63. The number of hydrogen-bond acceptors (Lipinski definition) is 7.